The van der Waals surface area contributed by atoms with Gasteiger partial charge in [-0.25, -0.2) is 21.9 Å². The van der Waals surface area contributed by atoms with Crippen LogP contribution < -0.4 is 4.72 Å². The van der Waals surface area contributed by atoms with E-state index in [1.165, 1.54) is 0 Å². The first-order chi connectivity index (χ1) is 7.47. The molecule has 1 aromatic rings. The van der Waals surface area contributed by atoms with Gasteiger partial charge in [-0.1, -0.05) is 0 Å². The van der Waals surface area contributed by atoms with E-state index in [-0.39, 0.29) is 13.0 Å². The Morgan fingerprint density at radius 2 is 2.06 bits per heavy atom. The lowest BCUT2D eigenvalue weighted by Crippen LogP contribution is -2.25. The number of benzene rings is 1. The Kier molecular flexibility index (Phi) is 3.99. The summed E-state index contributed by atoms with van der Waals surface area (Å²) >= 11 is 0. The largest absolute Gasteiger partial charge is 0.243 e. The maximum atomic E-state index is 13.1. The maximum absolute atomic E-state index is 13.1. The molecule has 3 nitrogen and oxygen atoms in total. The van der Waals surface area contributed by atoms with Crippen LogP contribution in [0.3, 0.4) is 0 Å². The van der Waals surface area contributed by atoms with Crippen LogP contribution in [-0.2, 0) is 10.0 Å². The van der Waals surface area contributed by atoms with Crippen LogP contribution in [-0.4, -0.2) is 15.0 Å². The van der Waals surface area contributed by atoms with Gasteiger partial charge in [0.15, 0.2) is 0 Å². The number of rotatable bonds is 4. The summed E-state index contributed by atoms with van der Waals surface area (Å²) < 4.78 is 51.0. The zero-order chi connectivity index (χ0) is 12.2. The summed E-state index contributed by atoms with van der Waals surface area (Å²) in [4.78, 5) is -0.718. The van der Waals surface area contributed by atoms with E-state index in [0.29, 0.717) is 6.07 Å². The highest BCUT2D eigenvalue weighted by Crippen LogP contribution is 2.15. The molecular formula is C10H9F2NO2S. The summed E-state index contributed by atoms with van der Waals surface area (Å²) in [6.07, 6.45) is 5.11. The van der Waals surface area contributed by atoms with Gasteiger partial charge in [-0.3, -0.25) is 0 Å². The molecular weight excluding hydrogens is 236 g/mol. The molecule has 0 bridgehead atoms. The van der Waals surface area contributed by atoms with Gasteiger partial charge in [-0.2, -0.15) is 0 Å². The molecule has 0 aromatic heterocycles. The van der Waals surface area contributed by atoms with E-state index >= 15 is 0 Å². The third kappa shape index (κ3) is 3.02. The summed E-state index contributed by atoms with van der Waals surface area (Å²) in [5, 5.41) is 0. The molecule has 0 aliphatic carbocycles. The molecule has 6 heteroatoms. The number of sulfonamides is 1. The molecule has 0 saturated heterocycles. The molecule has 0 unspecified atom stereocenters. The highest BCUT2D eigenvalue weighted by atomic mass is 32.2. The summed E-state index contributed by atoms with van der Waals surface area (Å²) in [6, 6.07) is 2.22. The quantitative estimate of drug-likeness (QED) is 0.641. The maximum Gasteiger partial charge on any atom is 0.243 e. The van der Waals surface area contributed by atoms with E-state index in [1.807, 2.05) is 0 Å². The van der Waals surface area contributed by atoms with Gasteiger partial charge in [0.25, 0.3) is 0 Å². The van der Waals surface area contributed by atoms with Crippen LogP contribution in [0.4, 0.5) is 8.78 Å². The molecule has 1 aromatic carbocycles. The lowest BCUT2D eigenvalue weighted by Gasteiger charge is -2.06. The van der Waals surface area contributed by atoms with Crippen molar-refractivity contribution in [2.45, 2.75) is 11.3 Å². The molecule has 0 amide bonds. The summed E-state index contributed by atoms with van der Waals surface area (Å²) in [7, 11) is -4.05. The number of halogens is 2. The highest BCUT2D eigenvalue weighted by Gasteiger charge is 2.18. The summed E-state index contributed by atoms with van der Waals surface area (Å²) in [5.41, 5.74) is 0. The molecule has 0 aliphatic heterocycles. The van der Waals surface area contributed by atoms with Gasteiger partial charge in [-0.15, -0.1) is 12.3 Å². The number of hydrogen-bond acceptors (Lipinski definition) is 2. The van der Waals surface area contributed by atoms with Crippen molar-refractivity contribution < 1.29 is 17.2 Å². The Hall–Kier alpha value is -1.45. The molecule has 0 heterocycles. The average Bonchev–Trinajstić information content (AvgIpc) is 2.22. The van der Waals surface area contributed by atoms with Gasteiger partial charge < -0.3 is 0 Å². The third-order valence-electron chi connectivity index (χ3n) is 1.74. The summed E-state index contributed by atoms with van der Waals surface area (Å²) in [5.74, 6) is 0.397. The van der Waals surface area contributed by atoms with Crippen LogP contribution in [0.1, 0.15) is 6.42 Å². The third-order valence-corrected chi connectivity index (χ3v) is 3.22. The highest BCUT2D eigenvalue weighted by molar-refractivity contribution is 7.89. The number of nitrogens with one attached hydrogen (secondary N) is 1. The van der Waals surface area contributed by atoms with E-state index in [0.717, 1.165) is 12.1 Å². The van der Waals surface area contributed by atoms with Crippen molar-refractivity contribution >= 4 is 10.0 Å². The van der Waals surface area contributed by atoms with Crippen LogP contribution in [0.5, 0.6) is 0 Å². The average molecular weight is 245 g/mol. The lowest BCUT2D eigenvalue weighted by atomic mass is 10.3. The topological polar surface area (TPSA) is 46.2 Å². The van der Waals surface area contributed by atoms with Crippen molar-refractivity contribution in [1.29, 1.82) is 0 Å². The minimum absolute atomic E-state index is 0.0191. The lowest BCUT2D eigenvalue weighted by molar-refractivity contribution is 0.546. The van der Waals surface area contributed by atoms with E-state index in [9.17, 15) is 17.2 Å². The van der Waals surface area contributed by atoms with Gasteiger partial charge >= 0.3 is 0 Å². The second kappa shape index (κ2) is 5.05. The predicted molar refractivity (Wildman–Crippen MR) is 55.0 cm³/mol. The van der Waals surface area contributed by atoms with Gasteiger partial charge in [0.2, 0.25) is 10.0 Å². The predicted octanol–water partition coefficient (Wildman–Crippen LogP) is 1.27. The Labute approximate surface area is 92.5 Å². The first-order valence-corrected chi connectivity index (χ1v) is 5.84. The van der Waals surface area contributed by atoms with Gasteiger partial charge in [0, 0.05) is 13.0 Å². The SMILES string of the molecule is C#CCCNS(=O)(=O)c1cc(F)ccc1F. The standard InChI is InChI=1S/C10H9F2NO2S/c1-2-3-6-13-16(14,15)10-7-8(11)4-5-9(10)12/h1,4-5,7,13H,3,6H2. The molecule has 1 N–H and O–H groups in total. The zero-order valence-electron chi connectivity index (χ0n) is 8.20. The second-order valence-electron chi connectivity index (χ2n) is 2.93. The Balaban J connectivity index is 2.99. The fourth-order valence-corrected chi connectivity index (χ4v) is 2.14. The van der Waals surface area contributed by atoms with Crippen molar-refractivity contribution in [2.75, 3.05) is 6.54 Å². The molecule has 16 heavy (non-hydrogen) atoms. The van der Waals surface area contributed by atoms with Crippen molar-refractivity contribution in [2.24, 2.45) is 0 Å². The van der Waals surface area contributed by atoms with Gasteiger partial charge in [-0.05, 0) is 18.2 Å². The zero-order valence-corrected chi connectivity index (χ0v) is 9.02. The monoisotopic (exact) mass is 245 g/mol. The van der Waals surface area contributed by atoms with E-state index in [4.69, 9.17) is 6.42 Å². The van der Waals surface area contributed by atoms with Crippen LogP contribution in [0, 0.1) is 24.0 Å². The van der Waals surface area contributed by atoms with E-state index < -0.39 is 26.6 Å². The van der Waals surface area contributed by atoms with Crippen molar-refractivity contribution in [3.05, 3.63) is 29.8 Å². The minimum Gasteiger partial charge on any atom is -0.210 e. The normalized spacial score (nSPS) is 11.1. The van der Waals surface area contributed by atoms with Gasteiger partial charge in [0.05, 0.1) is 0 Å². The van der Waals surface area contributed by atoms with Crippen molar-refractivity contribution in [3.63, 3.8) is 0 Å². The molecule has 0 fully saturated rings. The smallest absolute Gasteiger partial charge is 0.210 e. The summed E-state index contributed by atoms with van der Waals surface area (Å²) in [6.45, 7) is -0.0191. The van der Waals surface area contributed by atoms with E-state index in [2.05, 4.69) is 10.6 Å². The Morgan fingerprint density at radius 1 is 1.38 bits per heavy atom. The molecule has 0 radical (unpaired) electrons. The number of hydrogen-bond donors (Lipinski definition) is 1. The van der Waals surface area contributed by atoms with Gasteiger partial charge in [0.1, 0.15) is 16.5 Å². The van der Waals surface area contributed by atoms with Crippen LogP contribution in [0.25, 0.3) is 0 Å². The minimum atomic E-state index is -4.05. The van der Waals surface area contributed by atoms with Crippen LogP contribution in [0.15, 0.2) is 23.1 Å². The van der Waals surface area contributed by atoms with E-state index in [1.54, 1.807) is 0 Å². The fraction of sp³-hybridized carbons (Fsp3) is 0.200. The Bertz CT molecular complexity index is 520. The molecule has 1 rings (SSSR count). The Morgan fingerprint density at radius 3 is 2.69 bits per heavy atom. The van der Waals surface area contributed by atoms with Crippen LogP contribution in [0.2, 0.25) is 0 Å². The molecule has 86 valence electrons. The van der Waals surface area contributed by atoms with Crippen molar-refractivity contribution in [3.8, 4) is 12.3 Å². The first kappa shape index (κ1) is 12.6. The molecule has 0 spiro atoms. The number of terminal acetylenes is 1. The van der Waals surface area contributed by atoms with Crippen molar-refractivity contribution in [1.82, 2.24) is 4.72 Å². The molecule has 0 aliphatic rings. The fourth-order valence-electron chi connectivity index (χ4n) is 1.02. The molecule has 0 atom stereocenters. The van der Waals surface area contributed by atoms with Crippen LogP contribution >= 0.6 is 0 Å². The first-order valence-electron chi connectivity index (χ1n) is 4.35. The second-order valence-corrected chi connectivity index (χ2v) is 4.66. The molecule has 0 saturated carbocycles.